The van der Waals surface area contributed by atoms with Crippen LogP contribution in [0.4, 0.5) is 13.6 Å². The number of halogens is 2. The van der Waals surface area contributed by atoms with Crippen LogP contribution >= 0.6 is 0 Å². The van der Waals surface area contributed by atoms with Gasteiger partial charge in [0.2, 0.25) is 0 Å². The van der Waals surface area contributed by atoms with Crippen molar-refractivity contribution in [3.63, 3.8) is 0 Å². The van der Waals surface area contributed by atoms with Crippen LogP contribution in [0.3, 0.4) is 0 Å². The monoisotopic (exact) mass is 359 g/mol. The first-order chi connectivity index (χ1) is 11.2. The quantitative estimate of drug-likeness (QED) is 0.668. The molecule has 2 aliphatic heterocycles. The van der Waals surface area contributed by atoms with E-state index in [1.54, 1.807) is 20.8 Å². The second-order valence-electron chi connectivity index (χ2n) is 8.61. The standard InChI is InChI=1S/C17H28BF2NO4/c1-15(2,3)23-14(22)21-9-8-11(12(19)10-21)13(20)18-24-16(4,5)17(6,7)25-18/h12H,8-10H2,1-7H3. The van der Waals surface area contributed by atoms with Gasteiger partial charge in [0.15, 0.2) is 0 Å². The van der Waals surface area contributed by atoms with Gasteiger partial charge in [-0.1, -0.05) is 0 Å². The summed E-state index contributed by atoms with van der Waals surface area (Å²) in [5, 5.41) is 0. The van der Waals surface area contributed by atoms with Crippen LogP contribution in [0, 0.1) is 0 Å². The second-order valence-corrected chi connectivity index (χ2v) is 8.61. The molecule has 0 aromatic rings. The van der Waals surface area contributed by atoms with Gasteiger partial charge in [-0.15, -0.1) is 0 Å². The van der Waals surface area contributed by atoms with E-state index in [2.05, 4.69) is 0 Å². The molecular formula is C17H28BF2NO4. The zero-order valence-corrected chi connectivity index (χ0v) is 16.1. The Morgan fingerprint density at radius 2 is 1.76 bits per heavy atom. The van der Waals surface area contributed by atoms with Gasteiger partial charge in [-0.05, 0) is 60.5 Å². The molecule has 0 spiro atoms. The van der Waals surface area contributed by atoms with Crippen molar-refractivity contribution < 1.29 is 27.6 Å². The highest BCUT2D eigenvalue weighted by Crippen LogP contribution is 2.40. The predicted octanol–water partition coefficient (Wildman–Crippen LogP) is 3.82. The molecule has 2 rings (SSSR count). The highest BCUT2D eigenvalue weighted by Gasteiger charge is 2.54. The number of hydrogen-bond acceptors (Lipinski definition) is 4. The number of amides is 1. The lowest BCUT2D eigenvalue weighted by Crippen LogP contribution is -2.45. The lowest BCUT2D eigenvalue weighted by Gasteiger charge is -2.33. The topological polar surface area (TPSA) is 48.0 Å². The highest BCUT2D eigenvalue weighted by atomic mass is 19.1. The summed E-state index contributed by atoms with van der Waals surface area (Å²) < 4.78 is 45.8. The number of nitrogens with zero attached hydrogens (tertiary/aromatic N) is 1. The summed E-state index contributed by atoms with van der Waals surface area (Å²) in [4.78, 5) is 13.3. The Hall–Kier alpha value is -1.15. The molecule has 1 unspecified atom stereocenters. The van der Waals surface area contributed by atoms with Gasteiger partial charge in [-0.2, -0.15) is 0 Å². The SMILES string of the molecule is CC(C)(C)OC(=O)N1CCC(=C(F)B2OC(C)(C)C(C)(C)O2)C(F)C1. The van der Waals surface area contributed by atoms with Crippen molar-refractivity contribution in [2.45, 2.75) is 77.9 Å². The first kappa shape index (κ1) is 20.2. The van der Waals surface area contributed by atoms with Crippen LogP contribution in [0.5, 0.6) is 0 Å². The maximum Gasteiger partial charge on any atom is 0.525 e. The van der Waals surface area contributed by atoms with Gasteiger partial charge in [-0.3, -0.25) is 0 Å². The minimum atomic E-state index is -1.61. The molecule has 0 saturated carbocycles. The van der Waals surface area contributed by atoms with E-state index in [1.807, 2.05) is 27.7 Å². The van der Waals surface area contributed by atoms with Gasteiger partial charge in [0.05, 0.1) is 17.7 Å². The summed E-state index contributed by atoms with van der Waals surface area (Å²) in [6, 6.07) is 0. The number of piperidine rings is 1. The van der Waals surface area contributed by atoms with Gasteiger partial charge < -0.3 is 18.9 Å². The number of carbonyl (C=O) groups excluding carboxylic acids is 1. The van der Waals surface area contributed by atoms with Crippen molar-refractivity contribution in [2.75, 3.05) is 13.1 Å². The van der Waals surface area contributed by atoms with Crippen molar-refractivity contribution in [1.29, 1.82) is 0 Å². The number of carbonyl (C=O) groups is 1. The summed E-state index contributed by atoms with van der Waals surface area (Å²) in [5.74, 6) is 0. The lowest BCUT2D eigenvalue weighted by atomic mass is 9.81. The van der Waals surface area contributed by atoms with Crippen molar-refractivity contribution in [3.05, 3.63) is 11.3 Å². The van der Waals surface area contributed by atoms with E-state index in [0.29, 0.717) is 0 Å². The summed E-state index contributed by atoms with van der Waals surface area (Å²) in [6.45, 7) is 12.4. The van der Waals surface area contributed by atoms with Crippen molar-refractivity contribution >= 4 is 13.2 Å². The Labute approximate surface area is 148 Å². The van der Waals surface area contributed by atoms with Crippen LogP contribution in [0.2, 0.25) is 0 Å². The second kappa shape index (κ2) is 6.54. The zero-order valence-electron chi connectivity index (χ0n) is 16.1. The number of rotatable bonds is 1. The zero-order chi connectivity index (χ0) is 19.2. The fourth-order valence-corrected chi connectivity index (χ4v) is 2.67. The van der Waals surface area contributed by atoms with Gasteiger partial charge in [0, 0.05) is 6.54 Å². The van der Waals surface area contributed by atoms with E-state index in [4.69, 9.17) is 14.0 Å². The number of alkyl halides is 1. The molecule has 1 amide bonds. The van der Waals surface area contributed by atoms with Crippen molar-refractivity contribution in [1.82, 2.24) is 4.90 Å². The fraction of sp³-hybridized carbons (Fsp3) is 0.824. The largest absolute Gasteiger partial charge is 0.525 e. The summed E-state index contributed by atoms with van der Waals surface area (Å²) in [5.41, 5.74) is -2.78. The third kappa shape index (κ3) is 4.34. The summed E-state index contributed by atoms with van der Waals surface area (Å²) >= 11 is 0. The van der Waals surface area contributed by atoms with Gasteiger partial charge in [0.1, 0.15) is 17.5 Å². The van der Waals surface area contributed by atoms with Crippen LogP contribution in [0.15, 0.2) is 11.3 Å². The number of hydrogen-bond donors (Lipinski definition) is 0. The molecule has 0 aliphatic carbocycles. The Bertz CT molecular complexity index is 555. The maximum atomic E-state index is 14.8. The third-order valence-electron chi connectivity index (χ3n) is 4.83. The molecule has 142 valence electrons. The molecule has 0 aromatic carbocycles. The minimum Gasteiger partial charge on any atom is -0.444 e. The Kier molecular flexibility index (Phi) is 5.28. The summed E-state index contributed by atoms with van der Waals surface area (Å²) in [6.07, 6.45) is -2.12. The normalized spacial score (nSPS) is 28.1. The molecule has 2 heterocycles. The minimum absolute atomic E-state index is 0.00157. The molecule has 2 saturated heterocycles. The van der Waals surface area contributed by atoms with E-state index in [-0.39, 0.29) is 25.1 Å². The van der Waals surface area contributed by atoms with E-state index in [9.17, 15) is 13.6 Å². The third-order valence-corrected chi connectivity index (χ3v) is 4.83. The smallest absolute Gasteiger partial charge is 0.444 e. The van der Waals surface area contributed by atoms with Crippen LogP contribution in [-0.4, -0.2) is 54.2 Å². The number of likely N-dealkylation sites (tertiary alicyclic amines) is 1. The van der Waals surface area contributed by atoms with E-state index in [1.165, 1.54) is 4.90 Å². The molecule has 2 aliphatic rings. The van der Waals surface area contributed by atoms with Gasteiger partial charge in [0.25, 0.3) is 0 Å². The average molecular weight is 359 g/mol. The molecule has 0 aromatic heterocycles. The average Bonchev–Trinajstić information content (AvgIpc) is 2.64. The Balaban J connectivity index is 2.08. The highest BCUT2D eigenvalue weighted by molar-refractivity contribution is 6.53. The van der Waals surface area contributed by atoms with E-state index < -0.39 is 41.9 Å². The van der Waals surface area contributed by atoms with Crippen LogP contribution in [0.1, 0.15) is 54.9 Å². The van der Waals surface area contributed by atoms with E-state index in [0.717, 1.165) is 0 Å². The van der Waals surface area contributed by atoms with Gasteiger partial charge >= 0.3 is 13.2 Å². The summed E-state index contributed by atoms with van der Waals surface area (Å²) in [7, 11) is -1.22. The molecule has 0 N–H and O–H groups in total. The van der Waals surface area contributed by atoms with Crippen LogP contribution in [-0.2, 0) is 14.0 Å². The molecular weight excluding hydrogens is 331 g/mol. The molecule has 25 heavy (non-hydrogen) atoms. The molecule has 0 radical (unpaired) electrons. The Morgan fingerprint density at radius 1 is 1.24 bits per heavy atom. The Morgan fingerprint density at radius 3 is 2.20 bits per heavy atom. The molecule has 1 atom stereocenters. The molecule has 0 bridgehead atoms. The fourth-order valence-electron chi connectivity index (χ4n) is 2.67. The van der Waals surface area contributed by atoms with Crippen LogP contribution in [0.25, 0.3) is 0 Å². The molecule has 2 fully saturated rings. The first-order valence-electron chi connectivity index (χ1n) is 8.59. The molecule has 5 nitrogen and oxygen atoms in total. The van der Waals surface area contributed by atoms with E-state index >= 15 is 0 Å². The van der Waals surface area contributed by atoms with Crippen LogP contribution < -0.4 is 0 Å². The number of ether oxygens (including phenoxy) is 1. The first-order valence-corrected chi connectivity index (χ1v) is 8.59. The maximum absolute atomic E-state index is 14.8. The molecule has 8 heteroatoms. The lowest BCUT2D eigenvalue weighted by molar-refractivity contribution is 0.00578. The van der Waals surface area contributed by atoms with Crippen molar-refractivity contribution in [3.8, 4) is 0 Å². The predicted molar refractivity (Wildman–Crippen MR) is 91.5 cm³/mol. The van der Waals surface area contributed by atoms with Crippen molar-refractivity contribution in [2.24, 2.45) is 0 Å². The van der Waals surface area contributed by atoms with Gasteiger partial charge in [-0.25, -0.2) is 13.6 Å².